The number of aliphatic hydroxyl groups is 2. The summed E-state index contributed by atoms with van der Waals surface area (Å²) in [7, 11) is 0. The SMILES string of the molecule is CC1C=C(SCCO)C=CC1c1ccc2c(c1)C1(c3ccccc3-c3ccc(-c4ccc(SCCO)cc4)cc31)c1ccccc1-2. The quantitative estimate of drug-likeness (QED) is 0.163. The van der Waals surface area contributed by atoms with Crippen molar-refractivity contribution in [1.29, 1.82) is 0 Å². The highest BCUT2D eigenvalue weighted by Gasteiger charge is 2.51. The Hall–Kier alpha value is -3.80. The molecular weight excluding hydrogens is 601 g/mol. The zero-order chi connectivity index (χ0) is 31.3. The van der Waals surface area contributed by atoms with Crippen LogP contribution in [-0.2, 0) is 5.41 Å². The summed E-state index contributed by atoms with van der Waals surface area (Å²) in [5.74, 6) is 2.07. The smallest absolute Gasteiger partial charge is 0.0725 e. The van der Waals surface area contributed by atoms with Crippen molar-refractivity contribution in [1.82, 2.24) is 0 Å². The Labute approximate surface area is 279 Å². The molecule has 46 heavy (non-hydrogen) atoms. The maximum absolute atomic E-state index is 9.34. The number of benzene rings is 5. The predicted octanol–water partition coefficient (Wildman–Crippen LogP) is 9.68. The summed E-state index contributed by atoms with van der Waals surface area (Å²) >= 11 is 3.41. The topological polar surface area (TPSA) is 40.5 Å². The van der Waals surface area contributed by atoms with Crippen LogP contribution in [0, 0.1) is 5.92 Å². The lowest BCUT2D eigenvalue weighted by molar-refractivity contribution is 0.322. The van der Waals surface area contributed by atoms with E-state index in [0.717, 1.165) is 5.75 Å². The molecule has 5 aromatic rings. The van der Waals surface area contributed by atoms with Crippen LogP contribution in [0.2, 0.25) is 0 Å². The molecule has 0 saturated carbocycles. The zero-order valence-electron chi connectivity index (χ0n) is 25.8. The third kappa shape index (κ3) is 4.65. The van der Waals surface area contributed by atoms with Gasteiger partial charge in [-0.1, -0.05) is 116 Å². The number of rotatable bonds is 8. The minimum absolute atomic E-state index is 0.182. The molecule has 228 valence electrons. The normalized spacial score (nSPS) is 20.3. The van der Waals surface area contributed by atoms with Crippen molar-refractivity contribution >= 4 is 23.5 Å². The Morgan fingerprint density at radius 1 is 0.609 bits per heavy atom. The average Bonchev–Trinajstić information content (AvgIpc) is 3.56. The summed E-state index contributed by atoms with van der Waals surface area (Å²) in [5.41, 5.74) is 14.0. The largest absolute Gasteiger partial charge is 0.396 e. The van der Waals surface area contributed by atoms with Crippen molar-refractivity contribution in [3.8, 4) is 33.4 Å². The fourth-order valence-corrected chi connectivity index (χ4v) is 9.39. The van der Waals surface area contributed by atoms with Gasteiger partial charge in [0.2, 0.25) is 0 Å². The molecule has 0 saturated heterocycles. The van der Waals surface area contributed by atoms with Crippen molar-refractivity contribution in [3.63, 3.8) is 0 Å². The first-order valence-electron chi connectivity index (χ1n) is 16.1. The van der Waals surface area contributed by atoms with Crippen LogP contribution in [0.25, 0.3) is 33.4 Å². The Kier molecular flexibility index (Phi) is 7.78. The zero-order valence-corrected chi connectivity index (χ0v) is 27.5. The maximum Gasteiger partial charge on any atom is 0.0725 e. The van der Waals surface area contributed by atoms with E-state index in [1.54, 1.807) is 23.5 Å². The van der Waals surface area contributed by atoms with Gasteiger partial charge in [0.1, 0.15) is 0 Å². The number of aliphatic hydroxyl groups excluding tert-OH is 2. The molecule has 3 aliphatic carbocycles. The molecule has 0 fully saturated rings. The van der Waals surface area contributed by atoms with Crippen LogP contribution in [0.15, 0.2) is 137 Å². The van der Waals surface area contributed by atoms with Crippen LogP contribution in [0.1, 0.15) is 40.7 Å². The molecule has 0 aromatic heterocycles. The first-order valence-corrected chi connectivity index (χ1v) is 18.1. The highest BCUT2D eigenvalue weighted by Crippen LogP contribution is 2.63. The van der Waals surface area contributed by atoms with Crippen molar-refractivity contribution in [2.24, 2.45) is 5.92 Å². The molecule has 4 heteroatoms. The molecule has 0 radical (unpaired) electrons. The van der Waals surface area contributed by atoms with Crippen LogP contribution < -0.4 is 0 Å². The highest BCUT2D eigenvalue weighted by atomic mass is 32.2. The van der Waals surface area contributed by atoms with Gasteiger partial charge in [0.15, 0.2) is 0 Å². The summed E-state index contributed by atoms with van der Waals surface area (Å²) in [6.07, 6.45) is 6.96. The van der Waals surface area contributed by atoms with Crippen molar-refractivity contribution in [2.45, 2.75) is 23.2 Å². The molecule has 0 heterocycles. The highest BCUT2D eigenvalue weighted by molar-refractivity contribution is 8.03. The van der Waals surface area contributed by atoms with E-state index in [1.807, 2.05) is 0 Å². The van der Waals surface area contributed by atoms with Gasteiger partial charge in [0.25, 0.3) is 0 Å². The van der Waals surface area contributed by atoms with Gasteiger partial charge in [-0.3, -0.25) is 0 Å². The van der Waals surface area contributed by atoms with Crippen molar-refractivity contribution in [2.75, 3.05) is 24.7 Å². The molecule has 3 aliphatic rings. The summed E-state index contributed by atoms with van der Waals surface area (Å²) < 4.78 is 0. The van der Waals surface area contributed by atoms with Crippen LogP contribution in [0.3, 0.4) is 0 Å². The van der Waals surface area contributed by atoms with E-state index < -0.39 is 5.41 Å². The fourth-order valence-electron chi connectivity index (χ4n) is 7.92. The van der Waals surface area contributed by atoms with Gasteiger partial charge in [-0.2, -0.15) is 0 Å². The first kappa shape index (κ1) is 29.6. The molecule has 0 bridgehead atoms. The van der Waals surface area contributed by atoms with Crippen LogP contribution in [0.4, 0.5) is 0 Å². The Morgan fingerprint density at radius 3 is 1.87 bits per heavy atom. The number of hydrogen-bond donors (Lipinski definition) is 2. The van der Waals surface area contributed by atoms with Gasteiger partial charge >= 0.3 is 0 Å². The number of fused-ring (bicyclic) bond motifs is 10. The average molecular weight is 637 g/mol. The summed E-state index contributed by atoms with van der Waals surface area (Å²) in [6, 6.07) is 41.0. The van der Waals surface area contributed by atoms with Crippen LogP contribution >= 0.6 is 23.5 Å². The molecule has 2 N–H and O–H groups in total. The Bertz CT molecular complexity index is 1990. The summed E-state index contributed by atoms with van der Waals surface area (Å²) in [6.45, 7) is 2.69. The molecule has 0 aliphatic heterocycles. The Balaban J connectivity index is 1.30. The van der Waals surface area contributed by atoms with Crippen molar-refractivity contribution < 1.29 is 10.2 Å². The van der Waals surface area contributed by atoms with Crippen LogP contribution in [0.5, 0.6) is 0 Å². The lowest BCUT2D eigenvalue weighted by atomic mass is 9.69. The van der Waals surface area contributed by atoms with Gasteiger partial charge < -0.3 is 10.2 Å². The maximum atomic E-state index is 9.34. The molecule has 3 atom stereocenters. The van der Waals surface area contributed by atoms with Gasteiger partial charge in [0.05, 0.1) is 18.6 Å². The lowest BCUT2D eigenvalue weighted by Gasteiger charge is -2.32. The van der Waals surface area contributed by atoms with E-state index in [2.05, 4.69) is 134 Å². The molecule has 5 aromatic carbocycles. The van der Waals surface area contributed by atoms with Gasteiger partial charge in [-0.15, -0.1) is 23.5 Å². The molecule has 0 amide bonds. The van der Waals surface area contributed by atoms with Crippen LogP contribution in [-0.4, -0.2) is 34.9 Å². The number of hydrogen-bond acceptors (Lipinski definition) is 4. The van der Waals surface area contributed by atoms with E-state index in [4.69, 9.17) is 0 Å². The van der Waals surface area contributed by atoms with Crippen molar-refractivity contribution in [3.05, 3.63) is 160 Å². The molecule has 8 rings (SSSR count). The third-order valence-electron chi connectivity index (χ3n) is 9.87. The summed E-state index contributed by atoms with van der Waals surface area (Å²) in [4.78, 5) is 2.42. The monoisotopic (exact) mass is 636 g/mol. The molecule has 2 nitrogen and oxygen atoms in total. The standard InChI is InChI=1S/C42H36O2S2/c1-27-24-32(46-23-21-44)16-19-33(27)30-13-18-37-35-7-3-5-9-39(35)42(41(37)26-30)38-8-4-2-6-34(38)36-17-12-29(25-40(36)42)28-10-14-31(15-11-28)45-22-20-43/h2-19,24-27,33,43-44H,20-23H2,1H3. The van der Waals surface area contributed by atoms with E-state index in [-0.39, 0.29) is 19.1 Å². The second kappa shape index (κ2) is 12.1. The number of thioether (sulfide) groups is 2. The van der Waals surface area contributed by atoms with E-state index in [9.17, 15) is 10.2 Å². The molecular formula is C42H36O2S2. The summed E-state index contributed by atoms with van der Waals surface area (Å²) in [5, 5.41) is 18.6. The van der Waals surface area contributed by atoms with Gasteiger partial charge in [-0.25, -0.2) is 0 Å². The first-order chi connectivity index (χ1) is 22.6. The van der Waals surface area contributed by atoms with E-state index >= 15 is 0 Å². The molecule has 3 unspecified atom stereocenters. The van der Waals surface area contributed by atoms with E-state index in [1.165, 1.54) is 71.0 Å². The fraction of sp³-hybridized carbons (Fsp3) is 0.190. The lowest BCUT2D eigenvalue weighted by Crippen LogP contribution is -2.26. The third-order valence-corrected chi connectivity index (χ3v) is 11.9. The molecule has 1 spiro atoms. The second-order valence-corrected chi connectivity index (χ2v) is 14.7. The predicted molar refractivity (Wildman–Crippen MR) is 195 cm³/mol. The van der Waals surface area contributed by atoms with Gasteiger partial charge in [-0.05, 0) is 85.3 Å². The van der Waals surface area contributed by atoms with E-state index in [0.29, 0.717) is 11.7 Å². The Morgan fingerprint density at radius 2 is 1.20 bits per heavy atom. The van der Waals surface area contributed by atoms with Gasteiger partial charge in [0, 0.05) is 27.2 Å². The minimum atomic E-state index is -0.402. The number of allylic oxidation sites excluding steroid dienone is 3. The second-order valence-electron chi connectivity index (χ2n) is 12.4. The minimum Gasteiger partial charge on any atom is -0.396 e.